The number of ether oxygens (including phenoxy) is 1. The fourth-order valence-electron chi connectivity index (χ4n) is 5.70. The van der Waals surface area contributed by atoms with E-state index in [4.69, 9.17) is 4.74 Å². The summed E-state index contributed by atoms with van der Waals surface area (Å²) in [7, 11) is 0. The summed E-state index contributed by atoms with van der Waals surface area (Å²) in [5, 5.41) is 10.7. The van der Waals surface area contributed by atoms with Gasteiger partial charge in [-0.3, -0.25) is 4.79 Å². The Hall–Kier alpha value is -0.830. The van der Waals surface area contributed by atoms with Gasteiger partial charge in [0.2, 0.25) is 0 Å². The maximum atomic E-state index is 11.8. The standard InChI is InChI=1S/C22H38O3/c1-7-25-19(23)15-21(5,24)14-11-17-16(2)9-10-18-20(3,4)12-8-13-22(17,18)6/h18,24H,7-15H2,1-6H3/t18-,21?,22+/m0/s1. The monoisotopic (exact) mass is 350 g/mol. The van der Waals surface area contributed by atoms with Gasteiger partial charge in [0.1, 0.15) is 0 Å². The SMILES string of the molecule is CCOC(=O)CC(C)(O)CCC1=C(C)CC[C@H]2C(C)(C)CCC[C@]12C. The molecule has 0 radical (unpaired) electrons. The van der Waals surface area contributed by atoms with Crippen molar-refractivity contribution in [1.82, 2.24) is 0 Å². The van der Waals surface area contributed by atoms with E-state index < -0.39 is 5.60 Å². The Morgan fingerprint density at radius 3 is 2.64 bits per heavy atom. The fraction of sp³-hybridized carbons (Fsp3) is 0.864. The first-order chi connectivity index (χ1) is 11.5. The van der Waals surface area contributed by atoms with Crippen LogP contribution < -0.4 is 0 Å². The van der Waals surface area contributed by atoms with Crippen LogP contribution in [0.5, 0.6) is 0 Å². The van der Waals surface area contributed by atoms with Gasteiger partial charge in [0.05, 0.1) is 18.6 Å². The second kappa shape index (κ2) is 7.42. The molecule has 2 aliphatic rings. The number of rotatable bonds is 6. The number of carbonyl (C=O) groups is 1. The Kier molecular flexibility index (Phi) is 6.08. The summed E-state index contributed by atoms with van der Waals surface area (Å²) in [6.45, 7) is 13.5. The van der Waals surface area contributed by atoms with E-state index in [1.807, 2.05) is 0 Å². The number of fused-ring (bicyclic) bond motifs is 1. The summed E-state index contributed by atoms with van der Waals surface area (Å²) in [5.74, 6) is 0.423. The van der Waals surface area contributed by atoms with Crippen molar-refractivity contribution in [2.75, 3.05) is 6.61 Å². The Morgan fingerprint density at radius 1 is 1.32 bits per heavy atom. The number of esters is 1. The molecule has 3 nitrogen and oxygen atoms in total. The fourth-order valence-corrected chi connectivity index (χ4v) is 5.70. The molecule has 3 heteroatoms. The Labute approximate surface area is 154 Å². The highest BCUT2D eigenvalue weighted by atomic mass is 16.5. The molecule has 0 aromatic heterocycles. The minimum Gasteiger partial charge on any atom is -0.466 e. The van der Waals surface area contributed by atoms with Gasteiger partial charge in [-0.25, -0.2) is 0 Å². The third-order valence-corrected chi connectivity index (χ3v) is 6.99. The number of hydrogen-bond donors (Lipinski definition) is 1. The summed E-state index contributed by atoms with van der Waals surface area (Å²) in [4.78, 5) is 11.8. The maximum Gasteiger partial charge on any atom is 0.308 e. The zero-order chi connectivity index (χ0) is 18.9. The van der Waals surface area contributed by atoms with Crippen molar-refractivity contribution in [2.24, 2.45) is 16.7 Å². The molecule has 2 aliphatic carbocycles. The average molecular weight is 351 g/mol. The lowest BCUT2D eigenvalue weighted by molar-refractivity contribution is -0.148. The molecule has 2 rings (SSSR count). The molecule has 1 unspecified atom stereocenters. The molecule has 3 atom stereocenters. The van der Waals surface area contributed by atoms with E-state index in [0.29, 0.717) is 18.4 Å². The van der Waals surface area contributed by atoms with Gasteiger partial charge in [0, 0.05) is 0 Å². The van der Waals surface area contributed by atoms with Crippen LogP contribution in [0.3, 0.4) is 0 Å². The van der Waals surface area contributed by atoms with E-state index >= 15 is 0 Å². The van der Waals surface area contributed by atoms with Crippen LogP contribution in [0.25, 0.3) is 0 Å². The van der Waals surface area contributed by atoms with Gasteiger partial charge in [-0.15, -0.1) is 0 Å². The number of hydrogen-bond acceptors (Lipinski definition) is 3. The minimum atomic E-state index is -0.993. The van der Waals surface area contributed by atoms with Crippen LogP contribution in [0, 0.1) is 16.7 Å². The molecule has 1 N–H and O–H groups in total. The summed E-state index contributed by atoms with van der Waals surface area (Å²) >= 11 is 0. The van der Waals surface area contributed by atoms with Crippen molar-refractivity contribution >= 4 is 5.97 Å². The van der Waals surface area contributed by atoms with Crippen LogP contribution in [-0.4, -0.2) is 23.3 Å². The Bertz CT molecular complexity index is 529. The predicted octanol–water partition coefficient (Wildman–Crippen LogP) is 5.41. The van der Waals surface area contributed by atoms with Gasteiger partial charge >= 0.3 is 5.97 Å². The van der Waals surface area contributed by atoms with Crippen molar-refractivity contribution in [3.05, 3.63) is 11.1 Å². The first kappa shape index (κ1) is 20.5. The third-order valence-electron chi connectivity index (χ3n) is 6.99. The highest BCUT2D eigenvalue weighted by molar-refractivity contribution is 5.70. The zero-order valence-corrected chi connectivity index (χ0v) is 17.2. The van der Waals surface area contributed by atoms with E-state index in [1.54, 1.807) is 19.4 Å². The van der Waals surface area contributed by atoms with Crippen LogP contribution in [0.2, 0.25) is 0 Å². The minimum absolute atomic E-state index is 0.0821. The molecular weight excluding hydrogens is 312 g/mol. The topological polar surface area (TPSA) is 46.5 Å². The summed E-state index contributed by atoms with van der Waals surface area (Å²) < 4.78 is 5.01. The molecule has 0 aromatic carbocycles. The summed E-state index contributed by atoms with van der Waals surface area (Å²) in [6.07, 6.45) is 7.93. The van der Waals surface area contributed by atoms with Crippen LogP contribution >= 0.6 is 0 Å². The predicted molar refractivity (Wildman–Crippen MR) is 102 cm³/mol. The Morgan fingerprint density at radius 2 is 2.00 bits per heavy atom. The van der Waals surface area contributed by atoms with Crippen molar-refractivity contribution in [1.29, 1.82) is 0 Å². The molecule has 1 fully saturated rings. The highest BCUT2D eigenvalue weighted by Crippen LogP contribution is 2.60. The first-order valence-electron chi connectivity index (χ1n) is 10.1. The van der Waals surface area contributed by atoms with Crippen molar-refractivity contribution in [3.63, 3.8) is 0 Å². The first-order valence-corrected chi connectivity index (χ1v) is 10.1. The van der Waals surface area contributed by atoms with E-state index in [-0.39, 0.29) is 17.8 Å². The molecule has 0 aliphatic heterocycles. The molecule has 1 saturated carbocycles. The molecule has 144 valence electrons. The number of aliphatic hydroxyl groups is 1. The highest BCUT2D eigenvalue weighted by Gasteiger charge is 2.50. The lowest BCUT2D eigenvalue weighted by Gasteiger charge is -2.55. The van der Waals surface area contributed by atoms with Crippen molar-refractivity contribution < 1.29 is 14.6 Å². The van der Waals surface area contributed by atoms with Crippen molar-refractivity contribution in [3.8, 4) is 0 Å². The van der Waals surface area contributed by atoms with Crippen LogP contribution in [0.15, 0.2) is 11.1 Å². The molecule has 0 heterocycles. The summed E-state index contributed by atoms with van der Waals surface area (Å²) in [6, 6.07) is 0. The van der Waals surface area contributed by atoms with Gasteiger partial charge in [0.25, 0.3) is 0 Å². The lowest BCUT2D eigenvalue weighted by atomic mass is 9.50. The number of carbonyl (C=O) groups excluding carboxylic acids is 1. The largest absolute Gasteiger partial charge is 0.466 e. The molecule has 0 aromatic rings. The van der Waals surface area contributed by atoms with Crippen LogP contribution in [0.4, 0.5) is 0 Å². The molecule has 0 bridgehead atoms. The van der Waals surface area contributed by atoms with Crippen LogP contribution in [0.1, 0.15) is 92.9 Å². The quantitative estimate of drug-likeness (QED) is 0.514. The Balaban J connectivity index is 2.13. The van der Waals surface area contributed by atoms with Crippen molar-refractivity contribution in [2.45, 2.75) is 98.5 Å². The molecular formula is C22H38O3. The second-order valence-electron chi connectivity index (χ2n) is 9.59. The molecule has 0 amide bonds. The second-order valence-corrected chi connectivity index (χ2v) is 9.59. The maximum absolute atomic E-state index is 11.8. The molecule has 25 heavy (non-hydrogen) atoms. The van der Waals surface area contributed by atoms with E-state index in [0.717, 1.165) is 12.3 Å². The molecule has 0 saturated heterocycles. The van der Waals surface area contributed by atoms with E-state index in [2.05, 4.69) is 27.7 Å². The number of allylic oxidation sites excluding steroid dienone is 2. The van der Waals surface area contributed by atoms with Gasteiger partial charge in [-0.1, -0.05) is 38.3 Å². The van der Waals surface area contributed by atoms with Gasteiger partial charge in [-0.05, 0) is 76.0 Å². The summed E-state index contributed by atoms with van der Waals surface area (Å²) in [5.41, 5.74) is 2.73. The van der Waals surface area contributed by atoms with Gasteiger partial charge < -0.3 is 9.84 Å². The van der Waals surface area contributed by atoms with E-state index in [9.17, 15) is 9.90 Å². The van der Waals surface area contributed by atoms with Gasteiger partial charge in [0.15, 0.2) is 0 Å². The normalized spacial score (nSPS) is 31.2. The smallest absolute Gasteiger partial charge is 0.308 e. The van der Waals surface area contributed by atoms with E-state index in [1.165, 1.54) is 37.7 Å². The van der Waals surface area contributed by atoms with Crippen LogP contribution in [-0.2, 0) is 9.53 Å². The average Bonchev–Trinajstić information content (AvgIpc) is 2.44. The lowest BCUT2D eigenvalue weighted by Crippen LogP contribution is -2.45. The zero-order valence-electron chi connectivity index (χ0n) is 17.2. The molecule has 0 spiro atoms. The van der Waals surface area contributed by atoms with Gasteiger partial charge in [-0.2, -0.15) is 0 Å². The third kappa shape index (κ3) is 4.48.